The van der Waals surface area contributed by atoms with Crippen molar-refractivity contribution in [2.45, 2.75) is 20.3 Å². The minimum Gasteiger partial charge on any atom is -0.396 e. The summed E-state index contributed by atoms with van der Waals surface area (Å²) in [5.74, 6) is 2.54. The molecule has 0 saturated heterocycles. The zero-order valence-electron chi connectivity index (χ0n) is 13.6. The topological polar surface area (TPSA) is 67.2 Å². The summed E-state index contributed by atoms with van der Waals surface area (Å²) in [5, 5.41) is 11.7. The molecule has 0 aliphatic carbocycles. The molecule has 0 aliphatic heterocycles. The highest BCUT2D eigenvalue weighted by molar-refractivity contribution is 7.99. The molecule has 2 rings (SSSR count). The number of aryl methyl sites for hydroxylation is 1. The van der Waals surface area contributed by atoms with Gasteiger partial charge in [0.2, 0.25) is 0 Å². The van der Waals surface area contributed by atoms with Gasteiger partial charge in [-0.2, -0.15) is 11.8 Å². The van der Waals surface area contributed by atoms with Crippen LogP contribution >= 0.6 is 11.8 Å². The normalized spacial score (nSPS) is 10.7. The van der Waals surface area contributed by atoms with Gasteiger partial charge in [-0.05, 0) is 44.2 Å². The number of pyridine rings is 1. The van der Waals surface area contributed by atoms with Crippen LogP contribution in [-0.2, 0) is 0 Å². The molecule has 0 aromatic carbocycles. The summed E-state index contributed by atoms with van der Waals surface area (Å²) in [4.78, 5) is 16.7. The molecule has 1 amide bonds. The van der Waals surface area contributed by atoms with Crippen LogP contribution in [-0.4, -0.2) is 45.2 Å². The lowest BCUT2D eigenvalue weighted by molar-refractivity contribution is 0.0955. The summed E-state index contributed by atoms with van der Waals surface area (Å²) >= 11 is 1.73. The number of carbonyl (C=O) groups excluding carboxylic acids is 1. The number of aromatic nitrogens is 2. The predicted molar refractivity (Wildman–Crippen MR) is 94.4 cm³/mol. The second kappa shape index (κ2) is 8.74. The van der Waals surface area contributed by atoms with Gasteiger partial charge in [0.25, 0.3) is 5.91 Å². The van der Waals surface area contributed by atoms with Gasteiger partial charge in [0.05, 0.1) is 5.56 Å². The number of hydrogen-bond donors (Lipinski definition) is 2. The van der Waals surface area contributed by atoms with E-state index in [2.05, 4.69) is 10.3 Å². The number of nitrogens with zero attached hydrogens (tertiary/aromatic N) is 2. The number of amides is 1. The van der Waals surface area contributed by atoms with Crippen LogP contribution in [0, 0.1) is 13.8 Å². The standard InChI is InChI=1S/C17H23N3O2S/c1-13-12-15(17(22)19-8-11-23-10-5-9-21)14(2)20(13)16-6-3-4-7-18-16/h3-4,6-7,12,21H,5,8-11H2,1-2H3,(H,19,22). The largest absolute Gasteiger partial charge is 0.396 e. The molecule has 6 heteroatoms. The fourth-order valence-corrected chi connectivity index (χ4v) is 3.22. The molecular weight excluding hydrogens is 310 g/mol. The average Bonchev–Trinajstić information content (AvgIpc) is 2.86. The Morgan fingerprint density at radius 2 is 2.17 bits per heavy atom. The lowest BCUT2D eigenvalue weighted by Gasteiger charge is -2.09. The molecule has 2 aromatic rings. The Morgan fingerprint density at radius 3 is 2.87 bits per heavy atom. The molecular formula is C17H23N3O2S. The maximum Gasteiger partial charge on any atom is 0.253 e. The Labute approximate surface area is 141 Å². The second-order valence-corrected chi connectivity index (χ2v) is 6.48. The van der Waals surface area contributed by atoms with Gasteiger partial charge < -0.3 is 15.0 Å². The number of hydrogen-bond acceptors (Lipinski definition) is 4. The van der Waals surface area contributed by atoms with E-state index >= 15 is 0 Å². The number of aliphatic hydroxyl groups excluding tert-OH is 1. The first kappa shape index (κ1) is 17.6. The third kappa shape index (κ3) is 4.59. The van der Waals surface area contributed by atoms with E-state index in [1.807, 2.05) is 42.7 Å². The Balaban J connectivity index is 1.99. The van der Waals surface area contributed by atoms with Crippen molar-refractivity contribution in [3.63, 3.8) is 0 Å². The van der Waals surface area contributed by atoms with Crippen molar-refractivity contribution in [3.05, 3.63) is 47.4 Å². The number of rotatable bonds is 8. The van der Waals surface area contributed by atoms with Crippen molar-refractivity contribution in [2.24, 2.45) is 0 Å². The zero-order valence-corrected chi connectivity index (χ0v) is 14.4. The lowest BCUT2D eigenvalue weighted by Crippen LogP contribution is -2.26. The molecule has 0 radical (unpaired) electrons. The highest BCUT2D eigenvalue weighted by Crippen LogP contribution is 2.19. The highest BCUT2D eigenvalue weighted by atomic mass is 32.2. The lowest BCUT2D eigenvalue weighted by atomic mass is 10.2. The molecule has 5 nitrogen and oxygen atoms in total. The van der Waals surface area contributed by atoms with Crippen LogP contribution in [0.15, 0.2) is 30.5 Å². The Kier molecular flexibility index (Phi) is 6.67. The van der Waals surface area contributed by atoms with Crippen LogP contribution in [0.25, 0.3) is 5.82 Å². The molecule has 23 heavy (non-hydrogen) atoms. The number of thioether (sulfide) groups is 1. The van der Waals surface area contributed by atoms with Gasteiger partial charge in [-0.3, -0.25) is 4.79 Å². The molecule has 0 aliphatic rings. The summed E-state index contributed by atoms with van der Waals surface area (Å²) in [6, 6.07) is 7.64. The number of nitrogens with one attached hydrogen (secondary N) is 1. The van der Waals surface area contributed by atoms with Crippen LogP contribution in [0.5, 0.6) is 0 Å². The fraction of sp³-hybridized carbons (Fsp3) is 0.412. The summed E-state index contributed by atoms with van der Waals surface area (Å²) in [7, 11) is 0. The summed E-state index contributed by atoms with van der Waals surface area (Å²) in [5.41, 5.74) is 2.57. The van der Waals surface area contributed by atoms with E-state index in [0.29, 0.717) is 12.1 Å². The fourth-order valence-electron chi connectivity index (χ4n) is 2.43. The van der Waals surface area contributed by atoms with Crippen LogP contribution in [0.3, 0.4) is 0 Å². The van der Waals surface area contributed by atoms with Crippen molar-refractivity contribution in [3.8, 4) is 5.82 Å². The van der Waals surface area contributed by atoms with Gasteiger partial charge in [0.15, 0.2) is 0 Å². The van der Waals surface area contributed by atoms with Gasteiger partial charge in [0.1, 0.15) is 5.82 Å². The van der Waals surface area contributed by atoms with E-state index in [1.165, 1.54) is 0 Å². The van der Waals surface area contributed by atoms with Crippen LogP contribution in [0.1, 0.15) is 28.2 Å². The Hall–Kier alpha value is -1.79. The van der Waals surface area contributed by atoms with Crippen molar-refractivity contribution in [1.82, 2.24) is 14.9 Å². The van der Waals surface area contributed by atoms with Crippen molar-refractivity contribution < 1.29 is 9.90 Å². The van der Waals surface area contributed by atoms with E-state index in [9.17, 15) is 4.79 Å². The SMILES string of the molecule is Cc1cc(C(=O)NCCSCCCO)c(C)n1-c1ccccn1. The molecule has 0 bridgehead atoms. The Bertz CT molecular complexity index is 641. The molecule has 0 fully saturated rings. The second-order valence-electron chi connectivity index (χ2n) is 5.25. The third-order valence-electron chi connectivity index (χ3n) is 3.53. The van der Waals surface area contributed by atoms with Crippen molar-refractivity contribution >= 4 is 17.7 Å². The van der Waals surface area contributed by atoms with Gasteiger partial charge in [-0.15, -0.1) is 0 Å². The van der Waals surface area contributed by atoms with Gasteiger partial charge in [-0.25, -0.2) is 4.98 Å². The number of aliphatic hydroxyl groups is 1. The van der Waals surface area contributed by atoms with E-state index in [4.69, 9.17) is 5.11 Å². The summed E-state index contributed by atoms with van der Waals surface area (Å²) in [6.07, 6.45) is 2.54. The van der Waals surface area contributed by atoms with E-state index in [-0.39, 0.29) is 12.5 Å². The summed E-state index contributed by atoms with van der Waals surface area (Å²) in [6.45, 7) is 4.76. The van der Waals surface area contributed by atoms with Gasteiger partial charge >= 0.3 is 0 Å². The molecule has 2 N–H and O–H groups in total. The first-order chi connectivity index (χ1) is 11.1. The van der Waals surface area contributed by atoms with E-state index in [0.717, 1.165) is 35.1 Å². The maximum absolute atomic E-state index is 12.4. The quantitative estimate of drug-likeness (QED) is 0.728. The zero-order chi connectivity index (χ0) is 16.7. The predicted octanol–water partition coefficient (Wildman–Crippen LogP) is 2.33. The van der Waals surface area contributed by atoms with Crippen LogP contribution in [0.4, 0.5) is 0 Å². The molecule has 0 atom stereocenters. The monoisotopic (exact) mass is 333 g/mol. The molecule has 0 spiro atoms. The summed E-state index contributed by atoms with van der Waals surface area (Å²) < 4.78 is 1.99. The minimum absolute atomic E-state index is 0.0527. The van der Waals surface area contributed by atoms with E-state index in [1.54, 1.807) is 18.0 Å². The molecule has 0 unspecified atom stereocenters. The smallest absolute Gasteiger partial charge is 0.253 e. The van der Waals surface area contributed by atoms with Crippen LogP contribution < -0.4 is 5.32 Å². The van der Waals surface area contributed by atoms with Crippen LogP contribution in [0.2, 0.25) is 0 Å². The number of carbonyl (C=O) groups is 1. The Morgan fingerprint density at radius 1 is 1.35 bits per heavy atom. The highest BCUT2D eigenvalue weighted by Gasteiger charge is 2.16. The molecule has 124 valence electrons. The third-order valence-corrected chi connectivity index (χ3v) is 4.60. The first-order valence-electron chi connectivity index (χ1n) is 7.72. The molecule has 2 heterocycles. The minimum atomic E-state index is -0.0527. The van der Waals surface area contributed by atoms with E-state index < -0.39 is 0 Å². The average molecular weight is 333 g/mol. The molecule has 0 saturated carbocycles. The van der Waals surface area contributed by atoms with Gasteiger partial charge in [-0.1, -0.05) is 6.07 Å². The van der Waals surface area contributed by atoms with Crippen molar-refractivity contribution in [1.29, 1.82) is 0 Å². The molecule has 2 aromatic heterocycles. The van der Waals surface area contributed by atoms with Gasteiger partial charge in [0, 0.05) is 36.5 Å². The van der Waals surface area contributed by atoms with Crippen molar-refractivity contribution in [2.75, 3.05) is 24.7 Å². The first-order valence-corrected chi connectivity index (χ1v) is 8.87. The maximum atomic E-state index is 12.4.